The van der Waals surface area contributed by atoms with E-state index in [0.717, 1.165) is 31.6 Å². The van der Waals surface area contributed by atoms with Crippen molar-refractivity contribution in [2.45, 2.75) is 194 Å². The van der Waals surface area contributed by atoms with E-state index in [0.29, 0.717) is 18.8 Å². The van der Waals surface area contributed by atoms with E-state index in [1.807, 2.05) is 0 Å². The molecule has 0 aromatic heterocycles. The minimum absolute atomic E-state index is 0.0157. The van der Waals surface area contributed by atoms with E-state index < -0.39 is 53.1 Å². The number of esters is 2. The number of ketones is 1. The quantitative estimate of drug-likeness (QED) is 0.130. The third-order valence-electron chi connectivity index (χ3n) is 9.38. The van der Waals surface area contributed by atoms with Crippen LogP contribution < -0.4 is 5.32 Å². The monoisotopic (exact) mass is 695 g/mol. The molecule has 0 spiro atoms. The number of aliphatic carboxylic acids is 1. The van der Waals surface area contributed by atoms with Crippen molar-refractivity contribution in [3.63, 3.8) is 0 Å². The molecule has 0 radical (unpaired) electrons. The number of Topliss-reactive ketones (excluding diaryl/α,β-unsaturated/α-hetero) is 1. The summed E-state index contributed by atoms with van der Waals surface area (Å²) >= 11 is 0. The summed E-state index contributed by atoms with van der Waals surface area (Å²) in [7, 11) is 0. The van der Waals surface area contributed by atoms with Crippen LogP contribution in [0, 0.1) is 23.7 Å². The number of carbonyl (C=O) groups is 5. The molecule has 0 aromatic carbocycles. The lowest BCUT2D eigenvalue weighted by molar-refractivity contribution is -0.160. The lowest BCUT2D eigenvalue weighted by Crippen LogP contribution is -2.49. The number of aliphatic hydroxyl groups is 1. The van der Waals surface area contributed by atoms with Gasteiger partial charge in [-0.3, -0.25) is 24.0 Å². The molecule has 2 rings (SSSR count). The summed E-state index contributed by atoms with van der Waals surface area (Å²) in [5.41, 5.74) is -1.16. The van der Waals surface area contributed by atoms with E-state index in [-0.39, 0.29) is 24.5 Å². The lowest BCUT2D eigenvalue weighted by Gasteiger charge is -2.25. The van der Waals surface area contributed by atoms with Crippen LogP contribution in [0.25, 0.3) is 0 Å². The van der Waals surface area contributed by atoms with Crippen molar-refractivity contribution in [2.75, 3.05) is 0 Å². The predicted octanol–water partition coefficient (Wildman–Crippen LogP) is 7.71. The van der Waals surface area contributed by atoms with Crippen LogP contribution in [-0.4, -0.2) is 63.2 Å². The van der Waals surface area contributed by atoms with Gasteiger partial charge in [0.1, 0.15) is 17.2 Å². The zero-order valence-corrected chi connectivity index (χ0v) is 31.9. The van der Waals surface area contributed by atoms with Crippen LogP contribution in [0.4, 0.5) is 0 Å². The second kappa shape index (κ2) is 22.4. The Morgan fingerprint density at radius 1 is 0.694 bits per heavy atom. The molecule has 0 saturated heterocycles. The SMILES string of the molecule is CC(=O)C(NC(=O)[C@H](CCCC1CCCCC1)CC(=O)OC(C)(C)C)C(C)O.CC(C)(C)OC(=O)C[C@@H](CCCC1CCCCC1)C(=O)O. The van der Waals surface area contributed by atoms with Crippen LogP contribution in [0.2, 0.25) is 0 Å². The van der Waals surface area contributed by atoms with Crippen molar-refractivity contribution in [1.29, 1.82) is 0 Å². The van der Waals surface area contributed by atoms with Gasteiger partial charge in [0.2, 0.25) is 5.91 Å². The molecule has 1 amide bonds. The maximum absolute atomic E-state index is 12.8. The molecule has 10 nitrogen and oxygen atoms in total. The third kappa shape index (κ3) is 21.4. The molecule has 0 aromatic rings. The average Bonchev–Trinajstić information content (AvgIpc) is 2.98. The number of hydrogen-bond donors (Lipinski definition) is 3. The molecule has 2 saturated carbocycles. The summed E-state index contributed by atoms with van der Waals surface area (Å²) in [5, 5.41) is 21.6. The molecule has 0 aliphatic heterocycles. The molecule has 284 valence electrons. The summed E-state index contributed by atoms with van der Waals surface area (Å²) in [6.07, 6.45) is 16.9. The third-order valence-corrected chi connectivity index (χ3v) is 9.38. The van der Waals surface area contributed by atoms with Gasteiger partial charge in [-0.1, -0.05) is 89.9 Å². The number of rotatable bonds is 17. The van der Waals surface area contributed by atoms with E-state index in [1.54, 1.807) is 41.5 Å². The Balaban J connectivity index is 0.000000510. The zero-order chi connectivity index (χ0) is 37.2. The van der Waals surface area contributed by atoms with E-state index in [4.69, 9.17) is 9.47 Å². The normalized spacial score (nSPS) is 18.6. The number of carboxylic acid groups (broad SMARTS) is 1. The number of aliphatic hydroxyl groups excluding tert-OH is 1. The van der Waals surface area contributed by atoms with Crippen molar-refractivity contribution in [3.8, 4) is 0 Å². The van der Waals surface area contributed by atoms with E-state index in [9.17, 15) is 34.2 Å². The van der Waals surface area contributed by atoms with E-state index >= 15 is 0 Å². The molecule has 49 heavy (non-hydrogen) atoms. The number of carboxylic acids is 1. The van der Waals surface area contributed by atoms with Crippen molar-refractivity contribution < 1.29 is 43.7 Å². The van der Waals surface area contributed by atoms with Gasteiger partial charge in [0.05, 0.1) is 24.9 Å². The molecule has 2 unspecified atom stereocenters. The molecule has 0 bridgehead atoms. The summed E-state index contributed by atoms with van der Waals surface area (Å²) in [5.74, 6) is -2.07. The van der Waals surface area contributed by atoms with Crippen LogP contribution in [0.15, 0.2) is 0 Å². The van der Waals surface area contributed by atoms with Crippen LogP contribution in [0.3, 0.4) is 0 Å². The number of nitrogens with one attached hydrogen (secondary N) is 1. The first-order valence-electron chi connectivity index (χ1n) is 18.9. The Morgan fingerprint density at radius 3 is 1.43 bits per heavy atom. The lowest BCUT2D eigenvalue weighted by atomic mass is 9.84. The highest BCUT2D eigenvalue weighted by molar-refractivity contribution is 5.90. The van der Waals surface area contributed by atoms with E-state index in [1.165, 1.54) is 78.1 Å². The van der Waals surface area contributed by atoms with Crippen molar-refractivity contribution >= 4 is 29.6 Å². The fourth-order valence-corrected chi connectivity index (χ4v) is 6.90. The smallest absolute Gasteiger partial charge is 0.307 e. The van der Waals surface area contributed by atoms with Crippen LogP contribution in [0.5, 0.6) is 0 Å². The van der Waals surface area contributed by atoms with Gasteiger partial charge >= 0.3 is 17.9 Å². The Bertz CT molecular complexity index is 1010. The highest BCUT2D eigenvalue weighted by atomic mass is 16.6. The molecule has 2 aliphatic rings. The van der Waals surface area contributed by atoms with Gasteiger partial charge < -0.3 is 25.0 Å². The Labute approximate surface area is 296 Å². The predicted molar refractivity (Wildman–Crippen MR) is 191 cm³/mol. The molecule has 2 aliphatic carbocycles. The average molecular weight is 696 g/mol. The van der Waals surface area contributed by atoms with Crippen LogP contribution in [0.1, 0.15) is 171 Å². The molecule has 2 fully saturated rings. The minimum atomic E-state index is -0.981. The van der Waals surface area contributed by atoms with Gasteiger partial charge in [0.15, 0.2) is 5.78 Å². The first-order valence-corrected chi connectivity index (χ1v) is 18.9. The van der Waals surface area contributed by atoms with Gasteiger partial charge in [0, 0.05) is 5.92 Å². The molecule has 10 heteroatoms. The summed E-state index contributed by atoms with van der Waals surface area (Å²) in [4.78, 5) is 59.8. The van der Waals surface area contributed by atoms with Crippen LogP contribution >= 0.6 is 0 Å². The van der Waals surface area contributed by atoms with Gasteiger partial charge in [-0.25, -0.2) is 0 Å². The van der Waals surface area contributed by atoms with Crippen LogP contribution in [-0.2, 0) is 33.4 Å². The molecule has 4 atom stereocenters. The maximum Gasteiger partial charge on any atom is 0.307 e. The minimum Gasteiger partial charge on any atom is -0.481 e. The largest absolute Gasteiger partial charge is 0.481 e. The number of carbonyl (C=O) groups excluding carboxylic acids is 4. The standard InChI is InChI=1S/C22H39NO5.C17H30O4/c1-15(24)20(16(2)25)23-21(27)18(14-19(26)28-22(3,4)5)13-9-12-17-10-7-6-8-11-17;1-17(2,3)21-15(18)12-14(16(19)20)11-7-10-13-8-5-4-6-9-13/h15,17-18,20,24H,6-14H2,1-5H3,(H,23,27);13-14H,4-12H2,1-3H3,(H,19,20)/t15?,18-,20?;14-/m11/s1. The Morgan fingerprint density at radius 2 is 1.08 bits per heavy atom. The van der Waals surface area contributed by atoms with Crippen molar-refractivity contribution in [1.82, 2.24) is 5.32 Å². The Kier molecular flexibility index (Phi) is 20.3. The fraction of sp³-hybridized carbons (Fsp3) is 0.872. The van der Waals surface area contributed by atoms with E-state index in [2.05, 4.69) is 5.32 Å². The van der Waals surface area contributed by atoms with Gasteiger partial charge in [-0.2, -0.15) is 0 Å². The van der Waals surface area contributed by atoms with Gasteiger partial charge in [-0.15, -0.1) is 0 Å². The fourth-order valence-electron chi connectivity index (χ4n) is 6.90. The Hall–Kier alpha value is -2.49. The molecule has 3 N–H and O–H groups in total. The van der Waals surface area contributed by atoms with Crippen molar-refractivity contribution in [2.24, 2.45) is 23.7 Å². The topological polar surface area (TPSA) is 156 Å². The van der Waals surface area contributed by atoms with Crippen molar-refractivity contribution in [3.05, 3.63) is 0 Å². The molecule has 0 heterocycles. The molecular formula is C39H69NO9. The molecular weight excluding hydrogens is 626 g/mol. The highest BCUT2D eigenvalue weighted by Gasteiger charge is 2.30. The number of ether oxygens (including phenoxy) is 2. The summed E-state index contributed by atoms with van der Waals surface area (Å²) < 4.78 is 10.6. The summed E-state index contributed by atoms with van der Waals surface area (Å²) in [6.45, 7) is 13.6. The second-order valence-electron chi connectivity index (χ2n) is 16.5. The summed E-state index contributed by atoms with van der Waals surface area (Å²) in [6, 6.07) is -0.952. The first-order chi connectivity index (χ1) is 22.8. The highest BCUT2D eigenvalue weighted by Crippen LogP contribution is 2.30. The van der Waals surface area contributed by atoms with Gasteiger partial charge in [-0.05, 0) is 80.1 Å². The maximum atomic E-state index is 12.8. The zero-order valence-electron chi connectivity index (χ0n) is 31.9. The van der Waals surface area contributed by atoms with Gasteiger partial charge in [0.25, 0.3) is 0 Å². The second-order valence-corrected chi connectivity index (χ2v) is 16.5. The first kappa shape index (κ1) is 44.5. The number of hydrogen-bond acceptors (Lipinski definition) is 8. The number of amides is 1.